The Morgan fingerprint density at radius 3 is 2.41 bits per heavy atom. The molecule has 1 aliphatic heterocycles. The van der Waals surface area contributed by atoms with Gasteiger partial charge < -0.3 is 10.1 Å². The first-order chi connectivity index (χ1) is 15.3. The lowest BCUT2D eigenvalue weighted by Gasteiger charge is -2.35. The minimum absolute atomic E-state index is 0.105. The van der Waals surface area contributed by atoms with Crippen LogP contribution in [0.15, 0.2) is 71.6 Å². The van der Waals surface area contributed by atoms with Crippen molar-refractivity contribution in [2.75, 3.05) is 10.8 Å². The number of hydrogen-bond donors (Lipinski definition) is 1. The number of nitrogens with one attached hydrogen (secondary N) is 1. The van der Waals surface area contributed by atoms with Crippen LogP contribution < -0.4 is 14.4 Å². The van der Waals surface area contributed by atoms with E-state index in [1.54, 1.807) is 36.4 Å². The zero-order chi connectivity index (χ0) is 22.9. The van der Waals surface area contributed by atoms with E-state index in [1.807, 2.05) is 51.1 Å². The van der Waals surface area contributed by atoms with Gasteiger partial charge in [-0.2, -0.15) is 0 Å². The number of ether oxygens (including phenoxy) is 1. The molecule has 1 N–H and O–H groups in total. The maximum absolute atomic E-state index is 13.5. The Labute approximate surface area is 188 Å². The third kappa shape index (κ3) is 4.34. The van der Waals surface area contributed by atoms with Crippen molar-refractivity contribution in [1.29, 1.82) is 0 Å². The molecule has 0 bridgehead atoms. The molecule has 0 aliphatic carbocycles. The summed E-state index contributed by atoms with van der Waals surface area (Å²) >= 11 is 0. The van der Waals surface area contributed by atoms with Gasteiger partial charge >= 0.3 is 0 Å². The van der Waals surface area contributed by atoms with Crippen molar-refractivity contribution in [3.8, 4) is 5.75 Å². The SMILES string of the molecule is Cc1ccc(S(=O)(=O)N2C[C@H](C(=O)NCc3ccccc3C)Oc3cc(C)ccc32)cc1. The Bertz CT molecular complexity index is 1250. The number of benzene rings is 3. The van der Waals surface area contributed by atoms with Gasteiger partial charge in [0, 0.05) is 6.54 Å². The monoisotopic (exact) mass is 450 g/mol. The first kappa shape index (κ1) is 21.9. The highest BCUT2D eigenvalue weighted by Crippen LogP contribution is 2.37. The number of fused-ring (bicyclic) bond motifs is 1. The molecule has 0 radical (unpaired) electrons. The van der Waals surface area contributed by atoms with Crippen LogP contribution in [0.25, 0.3) is 0 Å². The van der Waals surface area contributed by atoms with Crippen molar-refractivity contribution in [2.45, 2.75) is 38.3 Å². The maximum Gasteiger partial charge on any atom is 0.264 e. The fourth-order valence-corrected chi connectivity index (χ4v) is 5.14. The second-order valence-electron chi connectivity index (χ2n) is 8.07. The minimum atomic E-state index is -3.87. The molecule has 3 aromatic rings. The first-order valence-corrected chi connectivity index (χ1v) is 11.9. The van der Waals surface area contributed by atoms with Gasteiger partial charge in [0.05, 0.1) is 17.1 Å². The van der Waals surface area contributed by atoms with Crippen molar-refractivity contribution in [3.05, 3.63) is 89.0 Å². The van der Waals surface area contributed by atoms with Gasteiger partial charge in [-0.25, -0.2) is 8.42 Å². The van der Waals surface area contributed by atoms with Crippen LogP contribution in [-0.2, 0) is 21.4 Å². The van der Waals surface area contributed by atoms with Gasteiger partial charge in [0.2, 0.25) is 0 Å². The summed E-state index contributed by atoms with van der Waals surface area (Å²) in [6.07, 6.45) is -0.964. The highest BCUT2D eigenvalue weighted by molar-refractivity contribution is 7.92. The number of aryl methyl sites for hydroxylation is 3. The molecule has 0 aromatic heterocycles. The fourth-order valence-electron chi connectivity index (χ4n) is 3.67. The van der Waals surface area contributed by atoms with Crippen LogP contribution in [0.2, 0.25) is 0 Å². The van der Waals surface area contributed by atoms with Crippen molar-refractivity contribution in [2.24, 2.45) is 0 Å². The molecular formula is C25H26N2O4S. The predicted molar refractivity (Wildman–Crippen MR) is 124 cm³/mol. The van der Waals surface area contributed by atoms with E-state index in [0.29, 0.717) is 18.0 Å². The molecule has 166 valence electrons. The Morgan fingerprint density at radius 1 is 1.00 bits per heavy atom. The lowest BCUT2D eigenvalue weighted by molar-refractivity contribution is -0.127. The second kappa shape index (κ2) is 8.67. The van der Waals surface area contributed by atoms with Crippen LogP contribution in [0.1, 0.15) is 22.3 Å². The van der Waals surface area contributed by atoms with E-state index in [-0.39, 0.29) is 17.3 Å². The van der Waals surface area contributed by atoms with Crippen LogP contribution in [0.4, 0.5) is 5.69 Å². The standard InChI is InChI=1S/C25H26N2O4S/c1-17-8-11-21(12-9-17)32(29,30)27-16-24(31-23-14-18(2)10-13-22(23)27)25(28)26-15-20-7-5-4-6-19(20)3/h4-14,24H,15-16H2,1-3H3,(H,26,28)/t24-/m1/s1. The van der Waals surface area contributed by atoms with E-state index in [1.165, 1.54) is 4.31 Å². The predicted octanol–water partition coefficient (Wildman–Crippen LogP) is 3.88. The number of carbonyl (C=O) groups is 1. The highest BCUT2D eigenvalue weighted by atomic mass is 32.2. The molecule has 0 fully saturated rings. The summed E-state index contributed by atoms with van der Waals surface area (Å²) in [5, 5.41) is 2.89. The number of nitrogens with zero attached hydrogens (tertiary/aromatic N) is 1. The molecule has 1 atom stereocenters. The Balaban J connectivity index is 1.63. The Morgan fingerprint density at radius 2 is 1.69 bits per heavy atom. The molecular weight excluding hydrogens is 424 g/mol. The molecule has 0 saturated carbocycles. The third-order valence-electron chi connectivity index (χ3n) is 5.60. The molecule has 0 spiro atoms. The average molecular weight is 451 g/mol. The summed E-state index contributed by atoms with van der Waals surface area (Å²) in [5.74, 6) is 0.0208. The smallest absolute Gasteiger partial charge is 0.264 e. The first-order valence-electron chi connectivity index (χ1n) is 10.4. The number of sulfonamides is 1. The molecule has 0 unspecified atom stereocenters. The zero-order valence-electron chi connectivity index (χ0n) is 18.3. The van der Waals surface area contributed by atoms with Crippen LogP contribution in [0.5, 0.6) is 5.75 Å². The van der Waals surface area contributed by atoms with E-state index in [9.17, 15) is 13.2 Å². The van der Waals surface area contributed by atoms with E-state index < -0.39 is 16.1 Å². The molecule has 4 rings (SSSR count). The lowest BCUT2D eigenvalue weighted by Crippen LogP contribution is -2.50. The zero-order valence-corrected chi connectivity index (χ0v) is 19.1. The van der Waals surface area contributed by atoms with Gasteiger partial charge in [0.15, 0.2) is 6.10 Å². The minimum Gasteiger partial charge on any atom is -0.476 e. The number of hydrogen-bond acceptors (Lipinski definition) is 4. The quantitative estimate of drug-likeness (QED) is 0.640. The largest absolute Gasteiger partial charge is 0.476 e. The lowest BCUT2D eigenvalue weighted by atomic mass is 10.1. The summed E-state index contributed by atoms with van der Waals surface area (Å²) < 4.78 is 34.2. The molecule has 1 aliphatic rings. The van der Waals surface area contributed by atoms with E-state index in [2.05, 4.69) is 5.32 Å². The topological polar surface area (TPSA) is 75.7 Å². The third-order valence-corrected chi connectivity index (χ3v) is 7.39. The molecule has 6 nitrogen and oxygen atoms in total. The maximum atomic E-state index is 13.5. The van der Waals surface area contributed by atoms with E-state index in [0.717, 1.165) is 22.3 Å². The van der Waals surface area contributed by atoms with Crippen LogP contribution >= 0.6 is 0 Å². The fraction of sp³-hybridized carbons (Fsp3) is 0.240. The number of anilines is 1. The number of rotatable bonds is 5. The van der Waals surface area contributed by atoms with Crippen molar-refractivity contribution in [3.63, 3.8) is 0 Å². The van der Waals surface area contributed by atoms with Crippen LogP contribution in [0, 0.1) is 20.8 Å². The van der Waals surface area contributed by atoms with Crippen molar-refractivity contribution >= 4 is 21.6 Å². The van der Waals surface area contributed by atoms with Gasteiger partial charge in [0.1, 0.15) is 5.75 Å². The molecule has 7 heteroatoms. The highest BCUT2D eigenvalue weighted by Gasteiger charge is 2.37. The van der Waals surface area contributed by atoms with E-state index in [4.69, 9.17) is 4.74 Å². The second-order valence-corrected chi connectivity index (χ2v) is 9.93. The van der Waals surface area contributed by atoms with Crippen LogP contribution in [0.3, 0.4) is 0 Å². The van der Waals surface area contributed by atoms with Gasteiger partial charge in [-0.1, -0.05) is 48.0 Å². The summed E-state index contributed by atoms with van der Waals surface area (Å²) in [5.41, 5.74) is 4.38. The molecule has 1 heterocycles. The number of amides is 1. The summed E-state index contributed by atoms with van der Waals surface area (Å²) in [6.45, 7) is 6.01. The summed E-state index contributed by atoms with van der Waals surface area (Å²) in [6, 6.07) is 19.8. The van der Waals surface area contributed by atoms with E-state index >= 15 is 0 Å². The average Bonchev–Trinajstić information content (AvgIpc) is 2.77. The Kier molecular flexibility index (Phi) is 5.93. The van der Waals surface area contributed by atoms with Gasteiger partial charge in [-0.3, -0.25) is 9.10 Å². The molecule has 3 aromatic carbocycles. The van der Waals surface area contributed by atoms with Crippen molar-refractivity contribution in [1.82, 2.24) is 5.32 Å². The summed E-state index contributed by atoms with van der Waals surface area (Å²) in [4.78, 5) is 13.1. The normalized spacial score (nSPS) is 15.6. The molecule has 0 saturated heterocycles. The Hall–Kier alpha value is -3.32. The molecule has 1 amide bonds. The van der Waals surface area contributed by atoms with Crippen LogP contribution in [-0.4, -0.2) is 27.0 Å². The summed E-state index contributed by atoms with van der Waals surface area (Å²) in [7, 11) is -3.87. The molecule has 32 heavy (non-hydrogen) atoms. The van der Waals surface area contributed by atoms with Gasteiger partial charge in [0.25, 0.3) is 15.9 Å². The van der Waals surface area contributed by atoms with Gasteiger partial charge in [-0.05, 0) is 61.7 Å². The number of carbonyl (C=O) groups excluding carboxylic acids is 1. The van der Waals surface area contributed by atoms with Gasteiger partial charge in [-0.15, -0.1) is 0 Å². The van der Waals surface area contributed by atoms with Crippen molar-refractivity contribution < 1.29 is 17.9 Å².